The van der Waals surface area contributed by atoms with Crippen LogP contribution in [0, 0.1) is 0 Å². The molecule has 96 valence electrons. The van der Waals surface area contributed by atoms with Crippen LogP contribution >= 0.6 is 23.5 Å². The zero-order chi connectivity index (χ0) is 13.3. The van der Waals surface area contributed by atoms with Crippen molar-refractivity contribution >= 4 is 41.3 Å². The van der Waals surface area contributed by atoms with Crippen molar-refractivity contribution in [2.75, 3.05) is 0 Å². The Morgan fingerprint density at radius 1 is 1.58 bits per heavy atom. The van der Waals surface area contributed by atoms with Gasteiger partial charge in [0.15, 0.2) is 0 Å². The number of nitrogens with zero attached hydrogens (tertiary/aromatic N) is 1. The topological polar surface area (TPSA) is 89.5 Å². The number of fused-ring (bicyclic) bond motifs is 1. The third-order valence-electron chi connectivity index (χ3n) is 2.31. The van der Waals surface area contributed by atoms with Crippen LogP contribution in [0.15, 0.2) is 21.5 Å². The Kier molecular flexibility index (Phi) is 6.00. The number of nitrogens with one attached hydrogen (secondary N) is 1. The molecule has 0 radical (unpaired) electrons. The SMILES string of the molecule is CC(=O)N/C=C\SC1=C(C(=O)[O-])N2C(=O)C[C@@H]2S1.[Na+]. The molecule has 0 aromatic heterocycles. The minimum Gasteiger partial charge on any atom is -0.543 e. The van der Waals surface area contributed by atoms with Gasteiger partial charge in [-0.2, -0.15) is 0 Å². The molecule has 1 saturated heterocycles. The monoisotopic (exact) mass is 308 g/mol. The first-order valence-corrected chi connectivity index (χ1v) is 6.79. The van der Waals surface area contributed by atoms with Gasteiger partial charge in [-0.3, -0.25) is 14.5 Å². The minimum atomic E-state index is -1.35. The molecule has 9 heteroatoms. The van der Waals surface area contributed by atoms with Crippen molar-refractivity contribution in [2.45, 2.75) is 18.7 Å². The molecule has 2 heterocycles. The number of carbonyl (C=O) groups is 3. The van der Waals surface area contributed by atoms with Crippen LogP contribution in [0.5, 0.6) is 0 Å². The normalized spacial score (nSPS) is 21.0. The third kappa shape index (κ3) is 3.57. The molecule has 0 aromatic carbocycles. The molecule has 2 aliphatic rings. The Hall–Kier alpha value is -0.410. The summed E-state index contributed by atoms with van der Waals surface area (Å²) in [6, 6.07) is 0. The molecule has 0 aromatic rings. The zero-order valence-corrected chi connectivity index (χ0v) is 14.0. The number of aliphatic carboxylic acids is 1. The molecule has 2 rings (SSSR count). The quantitative estimate of drug-likeness (QED) is 0.429. The number of carboxylic acids is 1. The summed E-state index contributed by atoms with van der Waals surface area (Å²) >= 11 is 2.47. The summed E-state index contributed by atoms with van der Waals surface area (Å²) in [5.74, 6) is -1.76. The number of amides is 2. The standard InChI is InChI=1S/C10H10N2O4S2.Na/c1-5(13)11-2-3-17-10-8(9(15)16)12-6(14)4-7(12)18-10;/h2-3,7H,4H2,1H3,(H,11,13)(H,15,16);/q;+1/p-1/b3-2-;/t7-;/m0./s1. The van der Waals surface area contributed by atoms with Crippen LogP contribution in [0.4, 0.5) is 0 Å². The van der Waals surface area contributed by atoms with Crippen LogP contribution in [0.2, 0.25) is 0 Å². The van der Waals surface area contributed by atoms with Crippen LogP contribution in [-0.2, 0) is 14.4 Å². The van der Waals surface area contributed by atoms with Gasteiger partial charge in [0.05, 0.1) is 27.7 Å². The number of hydrogen-bond donors (Lipinski definition) is 1. The van der Waals surface area contributed by atoms with Crippen LogP contribution in [0.1, 0.15) is 13.3 Å². The smallest absolute Gasteiger partial charge is 0.543 e. The summed E-state index contributed by atoms with van der Waals surface area (Å²) < 4.78 is 0.507. The molecule has 0 unspecified atom stereocenters. The first-order valence-electron chi connectivity index (χ1n) is 5.04. The van der Waals surface area contributed by atoms with E-state index in [0.717, 1.165) is 11.8 Å². The van der Waals surface area contributed by atoms with Gasteiger partial charge in [0.1, 0.15) is 0 Å². The molecule has 0 bridgehead atoms. The predicted molar refractivity (Wildman–Crippen MR) is 65.4 cm³/mol. The van der Waals surface area contributed by atoms with E-state index in [-0.39, 0.29) is 52.4 Å². The second kappa shape index (κ2) is 6.85. The number of thioether (sulfide) groups is 2. The second-order valence-electron chi connectivity index (χ2n) is 3.59. The van der Waals surface area contributed by atoms with Crippen molar-refractivity contribution in [2.24, 2.45) is 0 Å². The van der Waals surface area contributed by atoms with E-state index in [1.54, 1.807) is 5.41 Å². The van der Waals surface area contributed by atoms with Crippen LogP contribution in [0.3, 0.4) is 0 Å². The van der Waals surface area contributed by atoms with Gasteiger partial charge in [0.25, 0.3) is 0 Å². The van der Waals surface area contributed by atoms with E-state index in [1.165, 1.54) is 29.8 Å². The first kappa shape index (κ1) is 16.6. The van der Waals surface area contributed by atoms with Crippen molar-refractivity contribution in [1.29, 1.82) is 0 Å². The molecular formula is C10H9N2NaO4S2. The van der Waals surface area contributed by atoms with Crippen molar-refractivity contribution in [3.05, 3.63) is 21.5 Å². The van der Waals surface area contributed by atoms with E-state index in [2.05, 4.69) is 5.32 Å². The summed E-state index contributed by atoms with van der Waals surface area (Å²) in [7, 11) is 0. The number of carbonyl (C=O) groups excluding carboxylic acids is 3. The number of carboxylic acid groups (broad SMARTS) is 1. The maximum Gasteiger partial charge on any atom is 1.00 e. The number of β-lactam (4-membered cyclic amide) rings is 1. The Morgan fingerprint density at radius 3 is 2.79 bits per heavy atom. The average Bonchev–Trinajstić information content (AvgIpc) is 2.57. The van der Waals surface area contributed by atoms with Crippen LogP contribution in [0.25, 0.3) is 0 Å². The summed E-state index contributed by atoms with van der Waals surface area (Å²) in [6.45, 7) is 1.37. The Labute approximate surface area is 140 Å². The van der Waals surface area contributed by atoms with Crippen LogP contribution < -0.4 is 40.0 Å². The van der Waals surface area contributed by atoms with Crippen molar-refractivity contribution < 1.29 is 49.0 Å². The van der Waals surface area contributed by atoms with Gasteiger partial charge in [-0.25, -0.2) is 0 Å². The molecule has 1 fully saturated rings. The van der Waals surface area contributed by atoms with E-state index < -0.39 is 5.97 Å². The van der Waals surface area contributed by atoms with Gasteiger partial charge in [-0.1, -0.05) is 23.5 Å². The van der Waals surface area contributed by atoms with Gasteiger partial charge in [-0.05, 0) is 5.41 Å². The average molecular weight is 308 g/mol. The Morgan fingerprint density at radius 2 is 2.26 bits per heavy atom. The maximum absolute atomic E-state index is 11.3. The summed E-state index contributed by atoms with van der Waals surface area (Å²) in [6.07, 6.45) is 1.77. The van der Waals surface area contributed by atoms with Gasteiger partial charge < -0.3 is 15.2 Å². The molecule has 1 atom stereocenters. The largest absolute Gasteiger partial charge is 1.00 e. The zero-order valence-electron chi connectivity index (χ0n) is 10.3. The first-order chi connectivity index (χ1) is 8.50. The third-order valence-corrected chi connectivity index (χ3v) is 4.62. The fourth-order valence-corrected chi connectivity index (χ4v) is 3.91. The molecule has 2 aliphatic heterocycles. The van der Waals surface area contributed by atoms with Crippen molar-refractivity contribution in [3.8, 4) is 0 Å². The molecule has 0 aliphatic carbocycles. The molecule has 1 N–H and O–H groups in total. The van der Waals surface area contributed by atoms with E-state index in [0.29, 0.717) is 10.7 Å². The Balaban J connectivity index is 0.00000180. The summed E-state index contributed by atoms with van der Waals surface area (Å²) in [5.41, 5.74) is -0.0706. The van der Waals surface area contributed by atoms with Crippen molar-refractivity contribution in [3.63, 3.8) is 0 Å². The van der Waals surface area contributed by atoms with Gasteiger partial charge in [-0.15, -0.1) is 0 Å². The molecule has 0 saturated carbocycles. The van der Waals surface area contributed by atoms with Crippen molar-refractivity contribution in [1.82, 2.24) is 10.2 Å². The second-order valence-corrected chi connectivity index (χ2v) is 5.95. The van der Waals surface area contributed by atoms with Gasteiger partial charge in [0, 0.05) is 13.1 Å². The molecule has 2 amide bonds. The number of hydrogen-bond acceptors (Lipinski definition) is 6. The van der Waals surface area contributed by atoms with E-state index in [1.807, 2.05) is 0 Å². The van der Waals surface area contributed by atoms with E-state index in [9.17, 15) is 19.5 Å². The predicted octanol–water partition coefficient (Wildman–Crippen LogP) is -3.44. The fraction of sp³-hybridized carbons (Fsp3) is 0.300. The molecule has 19 heavy (non-hydrogen) atoms. The van der Waals surface area contributed by atoms with Gasteiger partial charge in [0.2, 0.25) is 11.8 Å². The molecule has 0 spiro atoms. The minimum absolute atomic E-state index is 0. The Bertz CT molecular complexity index is 492. The molecular weight excluding hydrogens is 299 g/mol. The van der Waals surface area contributed by atoms with E-state index in [4.69, 9.17) is 0 Å². The summed E-state index contributed by atoms with van der Waals surface area (Å²) in [5, 5.41) is 14.9. The molecule has 6 nitrogen and oxygen atoms in total. The summed E-state index contributed by atoms with van der Waals surface area (Å²) in [4.78, 5) is 34.2. The van der Waals surface area contributed by atoms with Gasteiger partial charge >= 0.3 is 29.6 Å². The maximum atomic E-state index is 11.3. The number of rotatable bonds is 4. The van der Waals surface area contributed by atoms with Crippen LogP contribution in [-0.4, -0.2) is 28.1 Å². The fourth-order valence-electron chi connectivity index (χ4n) is 1.54. The van der Waals surface area contributed by atoms with E-state index >= 15 is 0 Å².